The molecule has 4 rings (SSSR count). The van der Waals surface area contributed by atoms with Crippen molar-refractivity contribution in [3.8, 4) is 0 Å². The number of carbonyl (C=O) groups is 2. The summed E-state index contributed by atoms with van der Waals surface area (Å²) in [5.41, 5.74) is 3.25. The van der Waals surface area contributed by atoms with E-state index in [2.05, 4.69) is 10.2 Å². The van der Waals surface area contributed by atoms with Gasteiger partial charge in [-0.25, -0.2) is 8.42 Å². The number of ketones is 1. The van der Waals surface area contributed by atoms with Crippen LogP contribution in [0.5, 0.6) is 0 Å². The van der Waals surface area contributed by atoms with Crippen LogP contribution in [0.25, 0.3) is 0 Å². The van der Waals surface area contributed by atoms with Gasteiger partial charge in [0.15, 0.2) is 15.6 Å². The fourth-order valence-electron chi connectivity index (χ4n) is 4.80. The Bertz CT molecular complexity index is 874. The Morgan fingerprint density at radius 1 is 1.00 bits per heavy atom. The lowest BCUT2D eigenvalue weighted by atomic mass is 10.0. The van der Waals surface area contributed by atoms with E-state index in [1.807, 2.05) is 18.2 Å². The van der Waals surface area contributed by atoms with E-state index in [1.165, 1.54) is 11.1 Å². The predicted octanol–water partition coefficient (Wildman–Crippen LogP) is 1.52. The molecule has 3 aliphatic rings. The third-order valence-electron chi connectivity index (χ3n) is 6.28. The van der Waals surface area contributed by atoms with Gasteiger partial charge in [-0.3, -0.25) is 14.5 Å². The molecule has 2 aliphatic heterocycles. The molecule has 0 spiro atoms. The van der Waals surface area contributed by atoms with Gasteiger partial charge in [-0.15, -0.1) is 0 Å². The number of Topliss-reactive ketones (excluding diaryl/α,β-unsaturated/α-hetero) is 1. The van der Waals surface area contributed by atoms with Crippen LogP contribution in [-0.4, -0.2) is 61.7 Å². The fourth-order valence-corrected chi connectivity index (χ4v) is 6.75. The number of sulfone groups is 1. The van der Waals surface area contributed by atoms with Crippen molar-refractivity contribution < 1.29 is 18.0 Å². The van der Waals surface area contributed by atoms with Gasteiger partial charge in [0.2, 0.25) is 5.91 Å². The maximum Gasteiger partial charge on any atom is 0.220 e. The van der Waals surface area contributed by atoms with E-state index in [1.54, 1.807) is 0 Å². The number of fused-ring (bicyclic) bond motifs is 1. The quantitative estimate of drug-likeness (QED) is 0.727. The van der Waals surface area contributed by atoms with E-state index in [-0.39, 0.29) is 48.1 Å². The normalized spacial score (nSPS) is 26.3. The van der Waals surface area contributed by atoms with Crippen molar-refractivity contribution in [1.82, 2.24) is 10.2 Å². The summed E-state index contributed by atoms with van der Waals surface area (Å²) < 4.78 is 24.2. The van der Waals surface area contributed by atoms with Gasteiger partial charge >= 0.3 is 0 Å². The molecule has 0 aromatic heterocycles. The summed E-state index contributed by atoms with van der Waals surface area (Å²) in [6.07, 6.45) is 5.63. The zero-order chi connectivity index (χ0) is 19.7. The summed E-state index contributed by atoms with van der Waals surface area (Å²) in [5.74, 6) is -0.147. The standard InChI is InChI=1S/C21H28N2O4S/c24-20(17-7-6-15-4-3-5-16(15)12-17)8-9-21(25)22-18-13-28(26,27)14-19(18)23-10-1-2-11-23/h6-7,12,18-19H,1-5,8-11,13-14H2,(H,22,25). The molecular weight excluding hydrogens is 376 g/mol. The Morgan fingerprint density at radius 3 is 2.54 bits per heavy atom. The first-order valence-electron chi connectivity index (χ1n) is 10.3. The first kappa shape index (κ1) is 19.6. The number of likely N-dealkylation sites (tertiary alicyclic amines) is 1. The van der Waals surface area contributed by atoms with Crippen LogP contribution in [0.15, 0.2) is 18.2 Å². The van der Waals surface area contributed by atoms with E-state index in [0.717, 1.165) is 45.2 Å². The molecule has 7 heteroatoms. The second-order valence-corrected chi connectivity index (χ2v) is 10.5. The molecule has 1 N–H and O–H groups in total. The van der Waals surface area contributed by atoms with Crippen molar-refractivity contribution in [2.24, 2.45) is 0 Å². The van der Waals surface area contributed by atoms with Crippen LogP contribution in [0.2, 0.25) is 0 Å². The lowest BCUT2D eigenvalue weighted by molar-refractivity contribution is -0.121. The smallest absolute Gasteiger partial charge is 0.220 e. The molecule has 1 aromatic carbocycles. The van der Waals surface area contributed by atoms with Gasteiger partial charge in [0.05, 0.1) is 17.5 Å². The van der Waals surface area contributed by atoms with Crippen LogP contribution in [0.1, 0.15) is 53.6 Å². The lowest BCUT2D eigenvalue weighted by Crippen LogP contribution is -2.50. The van der Waals surface area contributed by atoms with Crippen LogP contribution in [0, 0.1) is 0 Å². The van der Waals surface area contributed by atoms with Crippen molar-refractivity contribution in [2.45, 2.75) is 57.0 Å². The number of hydrogen-bond donors (Lipinski definition) is 1. The zero-order valence-electron chi connectivity index (χ0n) is 16.2. The fraction of sp³-hybridized carbons (Fsp3) is 0.619. The highest BCUT2D eigenvalue weighted by molar-refractivity contribution is 7.91. The molecule has 1 amide bonds. The molecule has 6 nitrogen and oxygen atoms in total. The molecule has 1 aromatic rings. The SMILES string of the molecule is O=C(CCC(=O)c1ccc2c(c1)CCC2)NC1CS(=O)(=O)CC1N1CCCC1. The molecule has 0 radical (unpaired) electrons. The van der Waals surface area contributed by atoms with Gasteiger partial charge in [-0.2, -0.15) is 0 Å². The molecule has 2 fully saturated rings. The Balaban J connectivity index is 1.32. The van der Waals surface area contributed by atoms with Crippen molar-refractivity contribution in [2.75, 3.05) is 24.6 Å². The summed E-state index contributed by atoms with van der Waals surface area (Å²) in [4.78, 5) is 27.1. The monoisotopic (exact) mass is 404 g/mol. The van der Waals surface area contributed by atoms with Crippen LogP contribution in [0.4, 0.5) is 0 Å². The number of nitrogens with one attached hydrogen (secondary N) is 1. The molecular formula is C21H28N2O4S. The largest absolute Gasteiger partial charge is 0.351 e. The second-order valence-electron chi connectivity index (χ2n) is 8.32. The molecule has 2 heterocycles. The first-order chi connectivity index (χ1) is 13.4. The van der Waals surface area contributed by atoms with E-state index in [9.17, 15) is 18.0 Å². The third kappa shape index (κ3) is 4.30. The number of rotatable bonds is 6. The van der Waals surface area contributed by atoms with Crippen LogP contribution in [-0.2, 0) is 27.5 Å². The molecule has 0 saturated carbocycles. The van der Waals surface area contributed by atoms with E-state index in [0.29, 0.717) is 5.56 Å². The Hall–Kier alpha value is -1.73. The number of benzene rings is 1. The number of hydrogen-bond acceptors (Lipinski definition) is 5. The summed E-state index contributed by atoms with van der Waals surface area (Å²) >= 11 is 0. The number of nitrogens with zero attached hydrogens (tertiary/aromatic N) is 1. The first-order valence-corrected chi connectivity index (χ1v) is 12.1. The molecule has 2 atom stereocenters. The minimum atomic E-state index is -3.13. The molecule has 2 unspecified atom stereocenters. The van der Waals surface area contributed by atoms with Gasteiger partial charge in [0, 0.05) is 24.4 Å². The summed E-state index contributed by atoms with van der Waals surface area (Å²) in [6, 6.07) is 5.35. The highest BCUT2D eigenvalue weighted by atomic mass is 32.2. The van der Waals surface area contributed by atoms with Crippen molar-refractivity contribution in [3.63, 3.8) is 0 Å². The maximum atomic E-state index is 12.5. The minimum Gasteiger partial charge on any atom is -0.351 e. The van der Waals surface area contributed by atoms with Gasteiger partial charge in [0.1, 0.15) is 0 Å². The highest BCUT2D eigenvalue weighted by Gasteiger charge is 2.42. The molecule has 152 valence electrons. The van der Waals surface area contributed by atoms with Gasteiger partial charge in [-0.05, 0) is 62.4 Å². The van der Waals surface area contributed by atoms with Crippen LogP contribution >= 0.6 is 0 Å². The van der Waals surface area contributed by atoms with Crippen molar-refractivity contribution in [3.05, 3.63) is 34.9 Å². The summed E-state index contributed by atoms with van der Waals surface area (Å²) in [6.45, 7) is 1.78. The number of amides is 1. The molecule has 28 heavy (non-hydrogen) atoms. The second kappa shape index (κ2) is 7.95. The highest BCUT2D eigenvalue weighted by Crippen LogP contribution is 2.24. The summed E-state index contributed by atoms with van der Waals surface area (Å²) in [5, 5.41) is 2.90. The van der Waals surface area contributed by atoms with E-state index >= 15 is 0 Å². The maximum absolute atomic E-state index is 12.5. The number of aryl methyl sites for hydroxylation is 2. The Morgan fingerprint density at radius 2 is 1.75 bits per heavy atom. The Kier molecular flexibility index (Phi) is 5.56. The van der Waals surface area contributed by atoms with Crippen molar-refractivity contribution in [1.29, 1.82) is 0 Å². The molecule has 2 saturated heterocycles. The Labute approximate surface area is 166 Å². The lowest BCUT2D eigenvalue weighted by Gasteiger charge is -2.28. The van der Waals surface area contributed by atoms with Crippen molar-refractivity contribution >= 4 is 21.5 Å². The predicted molar refractivity (Wildman–Crippen MR) is 107 cm³/mol. The summed E-state index contributed by atoms with van der Waals surface area (Å²) in [7, 11) is -3.13. The minimum absolute atomic E-state index is 0.00131. The number of carbonyl (C=O) groups excluding carboxylic acids is 2. The van der Waals surface area contributed by atoms with Crippen LogP contribution < -0.4 is 5.32 Å². The van der Waals surface area contributed by atoms with Crippen LogP contribution in [0.3, 0.4) is 0 Å². The third-order valence-corrected chi connectivity index (χ3v) is 7.99. The topological polar surface area (TPSA) is 83.5 Å². The van der Waals surface area contributed by atoms with E-state index < -0.39 is 9.84 Å². The molecule has 1 aliphatic carbocycles. The average Bonchev–Trinajstić information content (AvgIpc) is 3.38. The van der Waals surface area contributed by atoms with Gasteiger partial charge < -0.3 is 5.32 Å². The average molecular weight is 405 g/mol. The zero-order valence-corrected chi connectivity index (χ0v) is 17.0. The van der Waals surface area contributed by atoms with Gasteiger partial charge in [-0.1, -0.05) is 12.1 Å². The van der Waals surface area contributed by atoms with Gasteiger partial charge in [0.25, 0.3) is 0 Å². The van der Waals surface area contributed by atoms with E-state index in [4.69, 9.17) is 0 Å². The molecule has 0 bridgehead atoms.